The molecule has 0 aliphatic carbocycles. The van der Waals surface area contributed by atoms with Crippen molar-refractivity contribution in [3.05, 3.63) is 41.5 Å². The summed E-state index contributed by atoms with van der Waals surface area (Å²) in [5.41, 5.74) is 0.894. The number of carbonyl (C=O) groups is 1. The van der Waals surface area contributed by atoms with Crippen molar-refractivity contribution in [2.75, 3.05) is 0 Å². The van der Waals surface area contributed by atoms with E-state index in [4.69, 9.17) is 5.11 Å². The number of benzene rings is 2. The van der Waals surface area contributed by atoms with Crippen molar-refractivity contribution in [1.82, 2.24) is 0 Å². The molecule has 0 spiro atoms. The number of carboxylic acid groups (broad SMARTS) is 1. The Labute approximate surface area is 86.6 Å². The highest BCUT2D eigenvalue weighted by Crippen LogP contribution is 2.25. The van der Waals surface area contributed by atoms with Gasteiger partial charge < -0.3 is 10.2 Å². The SMILES string of the molecule is Cc1ccc2c(C(=O)O)c([O-])ccc2c1. The molecule has 0 fully saturated rings. The molecule has 2 aromatic rings. The Morgan fingerprint density at radius 3 is 2.67 bits per heavy atom. The van der Waals surface area contributed by atoms with Gasteiger partial charge in [-0.25, -0.2) is 4.79 Å². The lowest BCUT2D eigenvalue weighted by molar-refractivity contribution is -0.268. The van der Waals surface area contributed by atoms with Gasteiger partial charge in [0.1, 0.15) is 0 Å². The number of aromatic carboxylic acids is 1. The van der Waals surface area contributed by atoms with Gasteiger partial charge >= 0.3 is 5.97 Å². The summed E-state index contributed by atoms with van der Waals surface area (Å²) in [6, 6.07) is 8.28. The van der Waals surface area contributed by atoms with E-state index >= 15 is 0 Å². The molecule has 0 amide bonds. The normalized spacial score (nSPS) is 10.5. The fourth-order valence-electron chi connectivity index (χ4n) is 1.65. The third-order valence-corrected chi connectivity index (χ3v) is 2.35. The molecule has 0 aliphatic rings. The Balaban J connectivity index is 2.88. The minimum atomic E-state index is -1.17. The molecule has 15 heavy (non-hydrogen) atoms. The van der Waals surface area contributed by atoms with Gasteiger partial charge in [0.15, 0.2) is 0 Å². The van der Waals surface area contributed by atoms with Gasteiger partial charge in [-0.05, 0) is 17.7 Å². The number of fused-ring (bicyclic) bond motifs is 1. The van der Waals surface area contributed by atoms with E-state index in [1.165, 1.54) is 6.07 Å². The fourth-order valence-corrected chi connectivity index (χ4v) is 1.65. The first-order valence-electron chi connectivity index (χ1n) is 4.53. The average molecular weight is 201 g/mol. The van der Waals surface area contributed by atoms with Crippen LogP contribution in [0.3, 0.4) is 0 Å². The molecular formula is C12H9O3-. The lowest BCUT2D eigenvalue weighted by atomic mass is 10.0. The standard InChI is InChI=1S/C12H10O3/c1-7-2-4-9-8(6-7)3-5-10(13)11(9)12(14)15/h2-6,13H,1H3,(H,14,15)/p-1. The number of hydrogen-bond acceptors (Lipinski definition) is 2. The second-order valence-corrected chi connectivity index (χ2v) is 3.47. The molecule has 3 heteroatoms. The van der Waals surface area contributed by atoms with Gasteiger partial charge in [-0.3, -0.25) is 0 Å². The van der Waals surface area contributed by atoms with Crippen LogP contribution in [0, 0.1) is 6.92 Å². The van der Waals surface area contributed by atoms with Crippen LogP contribution < -0.4 is 5.11 Å². The minimum Gasteiger partial charge on any atom is -0.872 e. The van der Waals surface area contributed by atoms with E-state index < -0.39 is 11.7 Å². The third kappa shape index (κ3) is 1.52. The van der Waals surface area contributed by atoms with Gasteiger partial charge in [-0.2, -0.15) is 0 Å². The predicted octanol–water partition coefficient (Wildman–Crippen LogP) is 1.92. The Bertz CT molecular complexity index is 544. The van der Waals surface area contributed by atoms with E-state index in [0.29, 0.717) is 5.39 Å². The van der Waals surface area contributed by atoms with Crippen LogP contribution in [0.4, 0.5) is 0 Å². The number of rotatable bonds is 1. The lowest BCUT2D eigenvalue weighted by Gasteiger charge is -2.12. The zero-order chi connectivity index (χ0) is 11.0. The summed E-state index contributed by atoms with van der Waals surface area (Å²) in [4.78, 5) is 10.9. The molecular weight excluding hydrogens is 192 g/mol. The van der Waals surface area contributed by atoms with Crippen LogP contribution in [0.15, 0.2) is 30.3 Å². The van der Waals surface area contributed by atoms with Crippen LogP contribution in [-0.4, -0.2) is 11.1 Å². The molecule has 0 aliphatic heterocycles. The summed E-state index contributed by atoms with van der Waals surface area (Å²) in [5.74, 6) is -1.62. The maximum atomic E-state index is 11.4. The Morgan fingerprint density at radius 1 is 1.27 bits per heavy atom. The summed E-state index contributed by atoms with van der Waals surface area (Å²) in [6.07, 6.45) is 0. The van der Waals surface area contributed by atoms with E-state index in [-0.39, 0.29) is 5.56 Å². The van der Waals surface area contributed by atoms with E-state index in [9.17, 15) is 9.90 Å². The topological polar surface area (TPSA) is 60.4 Å². The van der Waals surface area contributed by atoms with Crippen molar-refractivity contribution in [2.24, 2.45) is 0 Å². The number of hydrogen-bond donors (Lipinski definition) is 1. The fraction of sp³-hybridized carbons (Fsp3) is 0.0833. The van der Waals surface area contributed by atoms with Gasteiger partial charge in [0.25, 0.3) is 0 Å². The first-order valence-corrected chi connectivity index (χ1v) is 4.53. The summed E-state index contributed by atoms with van der Waals surface area (Å²) >= 11 is 0. The quantitative estimate of drug-likeness (QED) is 0.766. The lowest BCUT2D eigenvalue weighted by Crippen LogP contribution is -2.04. The van der Waals surface area contributed by atoms with Crippen molar-refractivity contribution in [3.63, 3.8) is 0 Å². The van der Waals surface area contributed by atoms with Crippen molar-refractivity contribution in [2.45, 2.75) is 6.92 Å². The first kappa shape index (κ1) is 9.52. The molecule has 2 rings (SSSR count). The van der Waals surface area contributed by atoms with Crippen LogP contribution >= 0.6 is 0 Å². The average Bonchev–Trinajstić information content (AvgIpc) is 2.17. The van der Waals surface area contributed by atoms with Crippen LogP contribution in [0.25, 0.3) is 10.8 Å². The maximum absolute atomic E-state index is 11.4. The van der Waals surface area contributed by atoms with Crippen LogP contribution in [-0.2, 0) is 0 Å². The monoisotopic (exact) mass is 201 g/mol. The predicted molar refractivity (Wildman–Crippen MR) is 55.1 cm³/mol. The van der Waals surface area contributed by atoms with Crippen molar-refractivity contribution < 1.29 is 15.0 Å². The zero-order valence-electron chi connectivity index (χ0n) is 8.15. The van der Waals surface area contributed by atoms with E-state index in [2.05, 4.69) is 0 Å². The van der Waals surface area contributed by atoms with Gasteiger partial charge in [-0.1, -0.05) is 41.6 Å². The van der Waals surface area contributed by atoms with E-state index in [1.807, 2.05) is 13.0 Å². The van der Waals surface area contributed by atoms with Gasteiger partial charge in [0, 0.05) is 0 Å². The van der Waals surface area contributed by atoms with Crippen molar-refractivity contribution >= 4 is 16.7 Å². The van der Waals surface area contributed by atoms with Crippen LogP contribution in [0.5, 0.6) is 5.75 Å². The second kappa shape index (κ2) is 3.28. The first-order chi connectivity index (χ1) is 7.09. The maximum Gasteiger partial charge on any atom is 0.335 e. The van der Waals surface area contributed by atoms with Gasteiger partial charge in [0.2, 0.25) is 0 Å². The molecule has 2 aromatic carbocycles. The minimum absolute atomic E-state index is 0.146. The summed E-state index contributed by atoms with van der Waals surface area (Å²) in [5, 5.41) is 21.6. The molecule has 3 nitrogen and oxygen atoms in total. The van der Waals surface area contributed by atoms with Crippen LogP contribution in [0.1, 0.15) is 15.9 Å². The van der Waals surface area contributed by atoms with E-state index in [0.717, 1.165) is 10.9 Å². The smallest absolute Gasteiger partial charge is 0.335 e. The molecule has 0 aromatic heterocycles. The molecule has 0 unspecified atom stereocenters. The van der Waals surface area contributed by atoms with Gasteiger partial charge in [0.05, 0.1) is 5.56 Å². The highest BCUT2D eigenvalue weighted by Gasteiger charge is 2.08. The Morgan fingerprint density at radius 2 is 2.00 bits per heavy atom. The molecule has 0 bridgehead atoms. The third-order valence-electron chi connectivity index (χ3n) is 2.35. The summed E-state index contributed by atoms with van der Waals surface area (Å²) < 4.78 is 0. The Hall–Kier alpha value is -2.03. The molecule has 0 saturated heterocycles. The summed E-state index contributed by atoms with van der Waals surface area (Å²) in [7, 11) is 0. The van der Waals surface area contributed by atoms with Crippen molar-refractivity contribution in [1.29, 1.82) is 0 Å². The highest BCUT2D eigenvalue weighted by molar-refractivity contribution is 6.06. The largest absolute Gasteiger partial charge is 0.872 e. The number of aryl methyl sites for hydroxylation is 1. The Kier molecular flexibility index (Phi) is 2.08. The highest BCUT2D eigenvalue weighted by atomic mass is 16.4. The van der Waals surface area contributed by atoms with E-state index in [1.54, 1.807) is 18.2 Å². The molecule has 0 saturated carbocycles. The molecule has 0 heterocycles. The molecule has 0 radical (unpaired) electrons. The molecule has 1 N–H and O–H groups in total. The van der Waals surface area contributed by atoms with Crippen LogP contribution in [0.2, 0.25) is 0 Å². The summed E-state index contributed by atoms with van der Waals surface area (Å²) in [6.45, 7) is 1.92. The molecule has 0 atom stereocenters. The van der Waals surface area contributed by atoms with Gasteiger partial charge in [-0.15, -0.1) is 0 Å². The van der Waals surface area contributed by atoms with Crippen molar-refractivity contribution in [3.8, 4) is 5.75 Å². The number of carboxylic acids is 1. The molecule has 76 valence electrons. The zero-order valence-corrected chi connectivity index (χ0v) is 8.15. The second-order valence-electron chi connectivity index (χ2n) is 3.47.